The van der Waals surface area contributed by atoms with Crippen molar-refractivity contribution in [2.75, 3.05) is 12.4 Å². The van der Waals surface area contributed by atoms with Crippen LogP contribution in [0.15, 0.2) is 18.2 Å². The third kappa shape index (κ3) is 6.09. The van der Waals surface area contributed by atoms with Crippen molar-refractivity contribution in [1.29, 1.82) is 0 Å². The molecule has 0 aliphatic heterocycles. The van der Waals surface area contributed by atoms with Crippen LogP contribution < -0.4 is 0 Å². The Morgan fingerprint density at radius 2 is 2.11 bits per heavy atom. The standard InChI is InChI=1S/C15H19FOS/c1-12(2)5-7-18-11-14-8-13(4-3-6-17)9-15(16)10-14/h8-10,12,17H,5-7,11H2,1-2H3. The summed E-state index contributed by atoms with van der Waals surface area (Å²) in [5.41, 5.74) is 1.58. The highest BCUT2D eigenvalue weighted by Crippen LogP contribution is 2.17. The summed E-state index contributed by atoms with van der Waals surface area (Å²) in [5.74, 6) is 7.60. The third-order valence-electron chi connectivity index (χ3n) is 2.38. The number of aliphatic hydroxyl groups is 1. The second-order valence-corrected chi connectivity index (χ2v) is 5.65. The molecule has 3 heteroatoms. The highest BCUT2D eigenvalue weighted by atomic mass is 32.2. The van der Waals surface area contributed by atoms with Crippen molar-refractivity contribution in [3.8, 4) is 11.8 Å². The predicted molar refractivity (Wildman–Crippen MR) is 76.0 cm³/mol. The minimum atomic E-state index is -0.265. The number of hydrogen-bond donors (Lipinski definition) is 1. The van der Waals surface area contributed by atoms with Crippen LogP contribution in [-0.2, 0) is 5.75 Å². The van der Waals surface area contributed by atoms with Crippen LogP contribution in [0.2, 0.25) is 0 Å². The fourth-order valence-corrected chi connectivity index (χ4v) is 2.64. The quantitative estimate of drug-likeness (QED) is 0.650. The van der Waals surface area contributed by atoms with Gasteiger partial charge in [0.15, 0.2) is 0 Å². The van der Waals surface area contributed by atoms with Crippen molar-refractivity contribution >= 4 is 11.8 Å². The lowest BCUT2D eigenvalue weighted by molar-refractivity contribution is 0.350. The summed E-state index contributed by atoms with van der Waals surface area (Å²) in [4.78, 5) is 0. The zero-order valence-electron chi connectivity index (χ0n) is 10.9. The van der Waals surface area contributed by atoms with Crippen LogP contribution >= 0.6 is 11.8 Å². The van der Waals surface area contributed by atoms with Gasteiger partial charge in [-0.1, -0.05) is 25.7 Å². The summed E-state index contributed by atoms with van der Waals surface area (Å²) < 4.78 is 13.4. The Bertz CT molecular complexity index is 432. The van der Waals surface area contributed by atoms with E-state index in [1.165, 1.54) is 12.5 Å². The topological polar surface area (TPSA) is 20.2 Å². The van der Waals surface area contributed by atoms with Gasteiger partial charge in [0.2, 0.25) is 0 Å². The van der Waals surface area contributed by atoms with Gasteiger partial charge in [-0.2, -0.15) is 11.8 Å². The lowest BCUT2D eigenvalue weighted by Gasteiger charge is -2.05. The number of aliphatic hydroxyl groups excluding tert-OH is 1. The van der Waals surface area contributed by atoms with E-state index < -0.39 is 0 Å². The first-order valence-electron chi connectivity index (χ1n) is 6.08. The van der Waals surface area contributed by atoms with Gasteiger partial charge in [0.1, 0.15) is 12.4 Å². The molecule has 1 nitrogen and oxygen atoms in total. The van der Waals surface area contributed by atoms with Crippen molar-refractivity contribution in [1.82, 2.24) is 0 Å². The maximum Gasteiger partial charge on any atom is 0.124 e. The van der Waals surface area contributed by atoms with Crippen LogP contribution in [0.4, 0.5) is 4.39 Å². The molecular weight excluding hydrogens is 247 g/mol. The van der Waals surface area contributed by atoms with Gasteiger partial charge in [0, 0.05) is 11.3 Å². The molecule has 0 saturated carbocycles. The highest BCUT2D eigenvalue weighted by molar-refractivity contribution is 7.98. The number of rotatable bonds is 5. The fraction of sp³-hybridized carbons (Fsp3) is 0.467. The fourth-order valence-electron chi connectivity index (χ4n) is 1.46. The van der Waals surface area contributed by atoms with Crippen LogP contribution in [0.25, 0.3) is 0 Å². The Kier molecular flexibility index (Phi) is 6.85. The minimum Gasteiger partial charge on any atom is -0.384 e. The molecule has 1 aromatic rings. The summed E-state index contributed by atoms with van der Waals surface area (Å²) in [6.45, 7) is 4.20. The second-order valence-electron chi connectivity index (χ2n) is 4.54. The average Bonchev–Trinajstić information content (AvgIpc) is 2.31. The Balaban J connectivity index is 2.57. The molecule has 0 unspecified atom stereocenters. The van der Waals surface area contributed by atoms with Gasteiger partial charge in [-0.3, -0.25) is 0 Å². The molecule has 0 atom stereocenters. The summed E-state index contributed by atoms with van der Waals surface area (Å²) in [5, 5.41) is 8.62. The molecule has 0 aromatic heterocycles. The summed E-state index contributed by atoms with van der Waals surface area (Å²) in [7, 11) is 0. The van der Waals surface area contributed by atoms with Crippen LogP contribution in [-0.4, -0.2) is 17.5 Å². The smallest absolute Gasteiger partial charge is 0.124 e. The normalized spacial score (nSPS) is 10.3. The molecule has 98 valence electrons. The van der Waals surface area contributed by atoms with Gasteiger partial charge in [0.25, 0.3) is 0 Å². The van der Waals surface area contributed by atoms with Crippen LogP contribution in [0.3, 0.4) is 0 Å². The van der Waals surface area contributed by atoms with Crippen molar-refractivity contribution < 1.29 is 9.50 Å². The molecular formula is C15H19FOS. The highest BCUT2D eigenvalue weighted by Gasteiger charge is 2.01. The van der Waals surface area contributed by atoms with E-state index in [1.807, 2.05) is 17.8 Å². The van der Waals surface area contributed by atoms with Gasteiger partial charge < -0.3 is 5.11 Å². The molecule has 1 N–H and O–H groups in total. The lowest BCUT2D eigenvalue weighted by Crippen LogP contribution is -1.92. The van der Waals surface area contributed by atoms with E-state index in [-0.39, 0.29) is 12.4 Å². The van der Waals surface area contributed by atoms with Crippen LogP contribution in [0, 0.1) is 23.6 Å². The summed E-state index contributed by atoms with van der Waals surface area (Å²) in [6.07, 6.45) is 1.18. The Labute approximate surface area is 113 Å². The van der Waals surface area contributed by atoms with Crippen molar-refractivity contribution in [3.05, 3.63) is 35.1 Å². The third-order valence-corrected chi connectivity index (χ3v) is 3.44. The molecule has 0 fully saturated rings. The van der Waals surface area contributed by atoms with Crippen molar-refractivity contribution in [2.45, 2.75) is 26.0 Å². The van der Waals surface area contributed by atoms with Gasteiger partial charge in [-0.25, -0.2) is 4.39 Å². The molecule has 0 aliphatic carbocycles. The zero-order chi connectivity index (χ0) is 13.4. The van der Waals surface area contributed by atoms with E-state index in [4.69, 9.17) is 5.11 Å². The largest absolute Gasteiger partial charge is 0.384 e. The van der Waals surface area contributed by atoms with Crippen molar-refractivity contribution in [2.24, 2.45) is 5.92 Å². The molecule has 0 aliphatic rings. The number of hydrogen-bond acceptors (Lipinski definition) is 2. The van der Waals surface area contributed by atoms with E-state index in [0.717, 1.165) is 17.1 Å². The molecule has 18 heavy (non-hydrogen) atoms. The number of thioether (sulfide) groups is 1. The average molecular weight is 266 g/mol. The Hall–Kier alpha value is -0.980. The van der Waals surface area contributed by atoms with Crippen LogP contribution in [0.5, 0.6) is 0 Å². The Morgan fingerprint density at radius 1 is 1.33 bits per heavy atom. The van der Waals surface area contributed by atoms with E-state index >= 15 is 0 Å². The minimum absolute atomic E-state index is 0.199. The maximum atomic E-state index is 13.4. The monoisotopic (exact) mass is 266 g/mol. The number of benzene rings is 1. The maximum absolute atomic E-state index is 13.4. The molecule has 0 bridgehead atoms. The Morgan fingerprint density at radius 3 is 2.78 bits per heavy atom. The molecule has 1 rings (SSSR count). The molecule has 0 spiro atoms. The van der Waals surface area contributed by atoms with E-state index in [1.54, 1.807) is 6.07 Å². The van der Waals surface area contributed by atoms with Gasteiger partial charge in [0.05, 0.1) is 0 Å². The van der Waals surface area contributed by atoms with Gasteiger partial charge >= 0.3 is 0 Å². The first-order valence-corrected chi connectivity index (χ1v) is 7.24. The molecule has 1 aromatic carbocycles. The summed E-state index contributed by atoms with van der Waals surface area (Å²) >= 11 is 1.81. The van der Waals surface area contributed by atoms with E-state index in [0.29, 0.717) is 11.5 Å². The molecule has 0 radical (unpaired) electrons. The second kappa shape index (κ2) is 8.18. The van der Waals surface area contributed by atoms with Crippen LogP contribution in [0.1, 0.15) is 31.4 Å². The number of halogens is 1. The lowest BCUT2D eigenvalue weighted by atomic mass is 10.1. The SMILES string of the molecule is CC(C)CCSCc1cc(F)cc(C#CCO)c1. The first kappa shape index (κ1) is 15.1. The van der Waals surface area contributed by atoms with E-state index in [9.17, 15) is 4.39 Å². The molecule has 0 amide bonds. The molecule has 0 heterocycles. The molecule has 0 saturated heterocycles. The first-order chi connectivity index (χ1) is 8.61. The summed E-state index contributed by atoms with van der Waals surface area (Å²) in [6, 6.07) is 4.82. The van der Waals surface area contributed by atoms with Gasteiger partial charge in [-0.05, 0) is 41.9 Å². The predicted octanol–water partition coefficient (Wildman–Crippen LogP) is 3.45. The van der Waals surface area contributed by atoms with Gasteiger partial charge in [-0.15, -0.1) is 0 Å². The van der Waals surface area contributed by atoms with E-state index in [2.05, 4.69) is 25.7 Å². The van der Waals surface area contributed by atoms with Crippen molar-refractivity contribution in [3.63, 3.8) is 0 Å². The zero-order valence-corrected chi connectivity index (χ0v) is 11.7.